The molecule has 0 atom stereocenters. The van der Waals surface area contributed by atoms with E-state index in [1.54, 1.807) is 0 Å². The molecule has 0 heterocycles. The molecule has 0 amide bonds. The van der Waals surface area contributed by atoms with Crippen LogP contribution in [-0.4, -0.2) is 16.1 Å². The van der Waals surface area contributed by atoms with Gasteiger partial charge in [-0.2, -0.15) is 0 Å². The van der Waals surface area contributed by atoms with Crippen LogP contribution in [0.2, 0.25) is 0 Å². The van der Waals surface area contributed by atoms with E-state index in [2.05, 4.69) is 12.6 Å². The van der Waals surface area contributed by atoms with Gasteiger partial charge in [0.1, 0.15) is 0 Å². The Morgan fingerprint density at radius 2 is 0.857 bits per heavy atom. The molecular weight excluding hydrogens is 399 g/mol. The minimum absolute atomic E-state index is 2.01. The van der Waals surface area contributed by atoms with Gasteiger partial charge in [-0.05, 0) is 0 Å². The van der Waals surface area contributed by atoms with Crippen LogP contribution in [0.3, 0.4) is 0 Å². The standard InChI is InChI=1S/C4HCl9S/c5-1(6,3(9,10)11)2(7,8)4(12,13)14/h14H. The Kier molecular flexibility index (Phi) is 5.95. The van der Waals surface area contributed by atoms with Crippen LogP contribution < -0.4 is 0 Å². The number of hydrogen-bond donors (Lipinski definition) is 1. The third-order valence-corrected chi connectivity index (χ3v) is 6.77. The maximum atomic E-state index is 5.70. The summed E-state index contributed by atoms with van der Waals surface area (Å²) in [6.45, 7) is 0. The quantitative estimate of drug-likeness (QED) is 0.442. The van der Waals surface area contributed by atoms with Crippen molar-refractivity contribution in [1.29, 1.82) is 0 Å². The Hall–Kier alpha value is 2.96. The van der Waals surface area contributed by atoms with Crippen molar-refractivity contribution in [2.75, 3.05) is 0 Å². The van der Waals surface area contributed by atoms with E-state index < -0.39 is 16.1 Å². The normalized spacial score (nSPS) is 15.9. The molecule has 0 aliphatic rings. The van der Waals surface area contributed by atoms with Gasteiger partial charge in [0.2, 0.25) is 8.13 Å². The lowest BCUT2D eigenvalue weighted by Gasteiger charge is -2.41. The second kappa shape index (κ2) is 4.91. The molecular formula is C4HCl9S. The Morgan fingerprint density at radius 3 is 0.929 bits per heavy atom. The van der Waals surface area contributed by atoms with E-state index in [0.717, 1.165) is 0 Å². The first-order valence-electron chi connectivity index (χ1n) is 2.67. The van der Waals surface area contributed by atoms with Crippen molar-refractivity contribution >= 4 is 117 Å². The number of halogens is 9. The SMILES string of the molecule is SC(Cl)(Cl)C(Cl)(Cl)C(Cl)(Cl)C(Cl)(Cl)Cl. The van der Waals surface area contributed by atoms with Crippen LogP contribution in [0.4, 0.5) is 0 Å². The zero-order valence-electron chi connectivity index (χ0n) is 5.85. The van der Waals surface area contributed by atoms with E-state index in [1.165, 1.54) is 0 Å². The van der Waals surface area contributed by atoms with E-state index in [9.17, 15) is 0 Å². The summed E-state index contributed by atoms with van der Waals surface area (Å²) < 4.78 is -8.67. The van der Waals surface area contributed by atoms with E-state index in [-0.39, 0.29) is 0 Å². The van der Waals surface area contributed by atoms with Crippen LogP contribution >= 0.6 is 117 Å². The molecule has 0 nitrogen and oxygen atoms in total. The van der Waals surface area contributed by atoms with Crippen LogP contribution in [-0.2, 0) is 0 Å². The van der Waals surface area contributed by atoms with Gasteiger partial charge in [-0.15, -0.1) is 12.6 Å². The molecule has 0 aromatic carbocycles. The predicted octanol–water partition coefficient (Wildman–Crippen LogP) is 5.77. The van der Waals surface area contributed by atoms with Crippen molar-refractivity contribution in [3.05, 3.63) is 0 Å². The molecule has 0 aromatic heterocycles. The number of rotatable bonds is 2. The summed E-state index contributed by atoms with van der Waals surface area (Å²) in [5.41, 5.74) is 0. The highest BCUT2D eigenvalue weighted by molar-refractivity contribution is 7.85. The Labute approximate surface area is 132 Å². The summed E-state index contributed by atoms with van der Waals surface area (Å²) in [5, 5.41) is 0. The molecule has 0 bridgehead atoms. The third-order valence-electron chi connectivity index (χ3n) is 1.13. The van der Waals surface area contributed by atoms with Crippen LogP contribution in [0.25, 0.3) is 0 Å². The van der Waals surface area contributed by atoms with Gasteiger partial charge >= 0.3 is 0 Å². The lowest BCUT2D eigenvalue weighted by Crippen LogP contribution is -2.54. The van der Waals surface area contributed by atoms with Crippen molar-refractivity contribution < 1.29 is 0 Å². The van der Waals surface area contributed by atoms with Crippen molar-refractivity contribution in [3.8, 4) is 0 Å². The van der Waals surface area contributed by atoms with Gasteiger partial charge in [0.15, 0.2) is 8.00 Å². The molecule has 0 radical (unpaired) electrons. The molecule has 0 saturated carbocycles. The number of alkyl halides is 9. The lowest BCUT2D eigenvalue weighted by molar-refractivity contribution is 0.678. The summed E-state index contributed by atoms with van der Waals surface area (Å²) in [6.07, 6.45) is 0. The number of hydrogen-bond acceptors (Lipinski definition) is 1. The fourth-order valence-corrected chi connectivity index (χ4v) is 2.43. The molecule has 0 unspecified atom stereocenters. The highest BCUT2D eigenvalue weighted by Gasteiger charge is 2.67. The molecule has 0 fully saturated rings. The maximum Gasteiger partial charge on any atom is 0.226 e. The molecule has 0 aliphatic heterocycles. The van der Waals surface area contributed by atoms with Gasteiger partial charge in [-0.3, -0.25) is 0 Å². The molecule has 0 aromatic rings. The molecule has 14 heavy (non-hydrogen) atoms. The molecule has 0 aliphatic carbocycles. The fraction of sp³-hybridized carbons (Fsp3) is 1.00. The molecule has 0 N–H and O–H groups in total. The first kappa shape index (κ1) is 17.0. The maximum absolute atomic E-state index is 5.70. The minimum atomic E-state index is -2.25. The van der Waals surface area contributed by atoms with Crippen molar-refractivity contribution in [3.63, 3.8) is 0 Å². The monoisotopic (exact) mass is 396 g/mol. The van der Waals surface area contributed by atoms with Crippen molar-refractivity contribution in [1.82, 2.24) is 0 Å². The smallest absolute Gasteiger partial charge is 0.138 e. The Balaban J connectivity index is 5.30. The highest BCUT2D eigenvalue weighted by atomic mass is 35.6. The molecule has 10 heteroatoms. The molecule has 0 rings (SSSR count). The summed E-state index contributed by atoms with van der Waals surface area (Å²) >= 11 is 53.9. The lowest BCUT2D eigenvalue weighted by atomic mass is 10.3. The third kappa shape index (κ3) is 3.25. The minimum Gasteiger partial charge on any atom is -0.138 e. The molecule has 86 valence electrons. The van der Waals surface area contributed by atoms with E-state index in [0.29, 0.717) is 0 Å². The Morgan fingerprint density at radius 1 is 0.571 bits per heavy atom. The first-order chi connectivity index (χ1) is 5.75. The second-order valence-electron chi connectivity index (χ2n) is 2.19. The van der Waals surface area contributed by atoms with E-state index in [1.807, 2.05) is 0 Å². The summed E-state index contributed by atoms with van der Waals surface area (Å²) in [5.74, 6) is 0. The first-order valence-corrected chi connectivity index (χ1v) is 6.52. The summed E-state index contributed by atoms with van der Waals surface area (Å²) in [7, 11) is 0. The topological polar surface area (TPSA) is 0 Å². The average molecular weight is 400 g/mol. The summed E-state index contributed by atoms with van der Waals surface area (Å²) in [6, 6.07) is 0. The van der Waals surface area contributed by atoms with Crippen molar-refractivity contribution in [2.24, 2.45) is 0 Å². The molecule has 0 saturated heterocycles. The molecule has 0 spiro atoms. The van der Waals surface area contributed by atoms with Gasteiger partial charge in [0.05, 0.1) is 0 Å². The van der Waals surface area contributed by atoms with Gasteiger partial charge in [0.25, 0.3) is 0 Å². The van der Waals surface area contributed by atoms with Gasteiger partial charge in [0, 0.05) is 0 Å². The van der Waals surface area contributed by atoms with Gasteiger partial charge in [-0.1, -0.05) is 104 Å². The van der Waals surface area contributed by atoms with E-state index >= 15 is 0 Å². The second-order valence-corrected chi connectivity index (χ2v) is 9.65. The fourth-order valence-electron chi connectivity index (χ4n) is 0.367. The number of thiol groups is 1. The van der Waals surface area contributed by atoms with Crippen molar-refractivity contribution in [2.45, 2.75) is 16.1 Å². The van der Waals surface area contributed by atoms with E-state index in [4.69, 9.17) is 104 Å². The van der Waals surface area contributed by atoms with Gasteiger partial charge in [-0.25, -0.2) is 0 Å². The summed E-state index contributed by atoms with van der Waals surface area (Å²) in [4.78, 5) is 0. The average Bonchev–Trinajstić information content (AvgIpc) is 1.81. The van der Waals surface area contributed by atoms with Crippen LogP contribution in [0.1, 0.15) is 0 Å². The Bertz CT molecular complexity index is 186. The zero-order chi connectivity index (χ0) is 12.0. The van der Waals surface area contributed by atoms with Crippen LogP contribution in [0, 0.1) is 0 Å². The van der Waals surface area contributed by atoms with Gasteiger partial charge < -0.3 is 0 Å². The predicted molar refractivity (Wildman–Crippen MR) is 72.6 cm³/mol. The van der Waals surface area contributed by atoms with Crippen LogP contribution in [0.5, 0.6) is 0 Å². The van der Waals surface area contributed by atoms with Crippen LogP contribution in [0.15, 0.2) is 0 Å². The largest absolute Gasteiger partial charge is 0.226 e. The zero-order valence-corrected chi connectivity index (χ0v) is 13.5. The highest BCUT2D eigenvalue weighted by Crippen LogP contribution is 2.63.